The molecule has 6 heteroatoms. The van der Waals surface area contributed by atoms with Gasteiger partial charge in [-0.15, -0.1) is 11.3 Å². The molecule has 0 saturated carbocycles. The first-order valence-electron chi connectivity index (χ1n) is 6.50. The van der Waals surface area contributed by atoms with Crippen molar-refractivity contribution >= 4 is 40.8 Å². The summed E-state index contributed by atoms with van der Waals surface area (Å²) >= 11 is 1.46. The highest BCUT2D eigenvalue weighted by molar-refractivity contribution is 7.11. The molecule has 0 saturated heterocycles. The van der Waals surface area contributed by atoms with Gasteiger partial charge in [-0.1, -0.05) is 24.3 Å². The first kappa shape index (κ1) is 14.2. The zero-order valence-corrected chi connectivity index (χ0v) is 12.2. The number of nitrogens with zero attached hydrogens (tertiary/aromatic N) is 1. The van der Waals surface area contributed by atoms with Crippen molar-refractivity contribution in [1.29, 1.82) is 0 Å². The number of rotatable bonds is 3. The number of thiophene rings is 1. The standard InChI is InChI=1S/C16H11NO4S/c18-14(19)9-17-15(20)12-6-2-1-5-11(12)13(16(17)21)8-10-4-3-7-22-10/h1-8H,9H2,(H,18,19). The SMILES string of the molecule is O=C(O)CN1C(=O)C(=Cc2cccs2)c2ccccc2C1=O. The van der Waals surface area contributed by atoms with Crippen molar-refractivity contribution in [3.8, 4) is 0 Å². The van der Waals surface area contributed by atoms with E-state index in [0.29, 0.717) is 16.7 Å². The van der Waals surface area contributed by atoms with Crippen LogP contribution >= 0.6 is 11.3 Å². The predicted molar refractivity (Wildman–Crippen MR) is 82.3 cm³/mol. The maximum atomic E-state index is 12.5. The topological polar surface area (TPSA) is 74.7 Å². The minimum atomic E-state index is -1.23. The molecule has 0 spiro atoms. The van der Waals surface area contributed by atoms with Crippen LogP contribution in [0.25, 0.3) is 11.6 Å². The van der Waals surface area contributed by atoms with Gasteiger partial charge < -0.3 is 5.11 Å². The monoisotopic (exact) mass is 313 g/mol. The maximum Gasteiger partial charge on any atom is 0.323 e. The lowest BCUT2D eigenvalue weighted by atomic mass is 9.93. The Hall–Kier alpha value is -2.73. The quantitative estimate of drug-likeness (QED) is 0.697. The van der Waals surface area contributed by atoms with Crippen LogP contribution in [0.2, 0.25) is 0 Å². The van der Waals surface area contributed by atoms with Crippen molar-refractivity contribution in [2.24, 2.45) is 0 Å². The highest BCUT2D eigenvalue weighted by atomic mass is 32.1. The van der Waals surface area contributed by atoms with Crippen LogP contribution in [0.15, 0.2) is 41.8 Å². The lowest BCUT2D eigenvalue weighted by molar-refractivity contribution is -0.141. The summed E-state index contributed by atoms with van der Waals surface area (Å²) in [5.41, 5.74) is 1.21. The number of carboxylic acids is 1. The van der Waals surface area contributed by atoms with Gasteiger partial charge in [0.1, 0.15) is 6.54 Å². The lowest BCUT2D eigenvalue weighted by Gasteiger charge is -2.27. The first-order chi connectivity index (χ1) is 10.6. The normalized spacial score (nSPS) is 16.0. The fraction of sp³-hybridized carbons (Fsp3) is 0.0625. The average Bonchev–Trinajstić information content (AvgIpc) is 3.01. The Balaban J connectivity index is 2.15. The number of hydrogen-bond donors (Lipinski definition) is 1. The minimum absolute atomic E-state index is 0.332. The zero-order valence-electron chi connectivity index (χ0n) is 11.4. The number of carboxylic acid groups (broad SMARTS) is 1. The third-order valence-corrected chi connectivity index (χ3v) is 4.11. The summed E-state index contributed by atoms with van der Waals surface area (Å²) in [7, 11) is 0. The minimum Gasteiger partial charge on any atom is -0.480 e. The van der Waals surface area contributed by atoms with E-state index in [1.807, 2.05) is 17.5 Å². The van der Waals surface area contributed by atoms with E-state index in [9.17, 15) is 14.4 Å². The summed E-state index contributed by atoms with van der Waals surface area (Å²) in [5, 5.41) is 10.8. The number of carbonyl (C=O) groups is 3. The number of amides is 2. The van der Waals surface area contributed by atoms with Crippen LogP contribution in [0.5, 0.6) is 0 Å². The van der Waals surface area contributed by atoms with Crippen LogP contribution < -0.4 is 0 Å². The van der Waals surface area contributed by atoms with Crippen LogP contribution in [0.3, 0.4) is 0 Å². The summed E-state index contributed by atoms with van der Waals surface area (Å²) < 4.78 is 0. The second-order valence-electron chi connectivity index (χ2n) is 4.71. The molecule has 1 N–H and O–H groups in total. The van der Waals surface area contributed by atoms with Crippen molar-refractivity contribution in [3.05, 3.63) is 57.8 Å². The Morgan fingerprint density at radius 2 is 1.82 bits per heavy atom. The fourth-order valence-corrected chi connectivity index (χ4v) is 2.99. The highest BCUT2D eigenvalue weighted by Crippen LogP contribution is 2.30. The van der Waals surface area contributed by atoms with E-state index in [4.69, 9.17) is 5.11 Å². The zero-order chi connectivity index (χ0) is 15.7. The van der Waals surface area contributed by atoms with Crippen LogP contribution in [-0.4, -0.2) is 34.3 Å². The molecular formula is C16H11NO4S. The first-order valence-corrected chi connectivity index (χ1v) is 7.38. The Kier molecular flexibility index (Phi) is 3.60. The molecule has 0 aliphatic carbocycles. The third kappa shape index (κ3) is 2.44. The summed E-state index contributed by atoms with van der Waals surface area (Å²) in [6, 6.07) is 10.4. The summed E-state index contributed by atoms with van der Waals surface area (Å²) in [6.45, 7) is -0.645. The Labute approximate surface area is 130 Å². The number of hydrogen-bond acceptors (Lipinski definition) is 4. The van der Waals surface area contributed by atoms with Gasteiger partial charge in [-0.05, 0) is 29.2 Å². The van der Waals surface area contributed by atoms with Crippen LogP contribution in [0, 0.1) is 0 Å². The molecule has 1 aromatic heterocycles. The van der Waals surface area contributed by atoms with Gasteiger partial charge in [0.25, 0.3) is 11.8 Å². The Morgan fingerprint density at radius 3 is 2.45 bits per heavy atom. The third-order valence-electron chi connectivity index (χ3n) is 3.29. The molecule has 5 nitrogen and oxygen atoms in total. The molecular weight excluding hydrogens is 302 g/mol. The molecule has 110 valence electrons. The van der Waals surface area contributed by atoms with E-state index in [2.05, 4.69) is 0 Å². The molecule has 0 atom stereocenters. The van der Waals surface area contributed by atoms with E-state index in [0.717, 1.165) is 9.78 Å². The van der Waals surface area contributed by atoms with Crippen molar-refractivity contribution in [3.63, 3.8) is 0 Å². The maximum absolute atomic E-state index is 12.5. The van der Waals surface area contributed by atoms with Crippen LogP contribution in [-0.2, 0) is 9.59 Å². The van der Waals surface area contributed by atoms with E-state index in [1.54, 1.807) is 30.3 Å². The van der Waals surface area contributed by atoms with E-state index >= 15 is 0 Å². The molecule has 0 fully saturated rings. The molecule has 1 aliphatic heterocycles. The number of aliphatic carboxylic acids is 1. The van der Waals surface area contributed by atoms with Gasteiger partial charge in [-0.3, -0.25) is 19.3 Å². The van der Waals surface area contributed by atoms with E-state index in [1.165, 1.54) is 11.3 Å². The molecule has 2 amide bonds. The molecule has 22 heavy (non-hydrogen) atoms. The van der Waals surface area contributed by atoms with E-state index in [-0.39, 0.29) is 0 Å². The number of fused-ring (bicyclic) bond motifs is 1. The predicted octanol–water partition coefficient (Wildman–Crippen LogP) is 2.36. The van der Waals surface area contributed by atoms with Crippen molar-refractivity contribution in [1.82, 2.24) is 4.90 Å². The van der Waals surface area contributed by atoms with Gasteiger partial charge in [-0.25, -0.2) is 0 Å². The van der Waals surface area contributed by atoms with Crippen LogP contribution in [0.4, 0.5) is 0 Å². The van der Waals surface area contributed by atoms with Gasteiger partial charge in [0.15, 0.2) is 0 Å². The molecule has 1 aliphatic rings. The van der Waals surface area contributed by atoms with Crippen molar-refractivity contribution in [2.45, 2.75) is 0 Å². The number of imide groups is 1. The van der Waals surface area contributed by atoms with Gasteiger partial charge in [0, 0.05) is 16.0 Å². The molecule has 0 radical (unpaired) electrons. The summed E-state index contributed by atoms with van der Waals surface area (Å²) in [5.74, 6) is -2.39. The highest BCUT2D eigenvalue weighted by Gasteiger charge is 2.35. The van der Waals surface area contributed by atoms with E-state index < -0.39 is 24.3 Å². The van der Waals surface area contributed by atoms with Gasteiger partial charge >= 0.3 is 5.97 Å². The molecule has 1 aromatic carbocycles. The second kappa shape index (κ2) is 5.57. The largest absolute Gasteiger partial charge is 0.480 e. The van der Waals surface area contributed by atoms with Gasteiger partial charge in [0.05, 0.1) is 0 Å². The molecule has 0 unspecified atom stereocenters. The molecule has 2 aromatic rings. The van der Waals surface area contributed by atoms with Crippen LogP contribution in [0.1, 0.15) is 20.8 Å². The van der Waals surface area contributed by atoms with Gasteiger partial charge in [-0.2, -0.15) is 0 Å². The summed E-state index contributed by atoms with van der Waals surface area (Å²) in [4.78, 5) is 37.4. The fourth-order valence-electron chi connectivity index (χ4n) is 2.34. The number of carbonyl (C=O) groups excluding carboxylic acids is 2. The lowest BCUT2D eigenvalue weighted by Crippen LogP contribution is -2.44. The molecule has 2 heterocycles. The van der Waals surface area contributed by atoms with Gasteiger partial charge in [0.2, 0.25) is 0 Å². The molecule has 0 bridgehead atoms. The Bertz CT molecular complexity index is 792. The van der Waals surface area contributed by atoms with Crippen molar-refractivity contribution in [2.75, 3.05) is 6.54 Å². The number of benzene rings is 1. The summed E-state index contributed by atoms with van der Waals surface area (Å²) in [6.07, 6.45) is 1.69. The second-order valence-corrected chi connectivity index (χ2v) is 5.69. The Morgan fingerprint density at radius 1 is 1.09 bits per heavy atom. The average molecular weight is 313 g/mol. The smallest absolute Gasteiger partial charge is 0.323 e. The van der Waals surface area contributed by atoms with Crippen molar-refractivity contribution < 1.29 is 19.5 Å². The molecule has 3 rings (SSSR count).